The van der Waals surface area contributed by atoms with Crippen LogP contribution in [-0.4, -0.2) is 140 Å². The Labute approximate surface area is 516 Å². The molecule has 9 N–H and O–H groups in total. The quantitative estimate of drug-likeness (QED) is 0.0204. The molecule has 492 valence electrons. The van der Waals surface area contributed by atoms with E-state index in [9.17, 15) is 45.6 Å². The minimum Gasteiger partial charge on any atom is -0.394 e. The molecule has 2 heterocycles. The van der Waals surface area contributed by atoms with Gasteiger partial charge in [0.1, 0.15) is 48.8 Å². The van der Waals surface area contributed by atoms with Crippen LogP contribution in [0.5, 0.6) is 0 Å². The molecular weight excluding hydrogens is 1070 g/mol. The van der Waals surface area contributed by atoms with Crippen LogP contribution in [0.1, 0.15) is 264 Å². The number of amides is 1. The second kappa shape index (κ2) is 55.3. The van der Waals surface area contributed by atoms with Gasteiger partial charge in [-0.2, -0.15) is 0 Å². The number of unbranched alkanes of at least 4 members (excludes halogenated alkanes) is 30. The summed E-state index contributed by atoms with van der Waals surface area (Å²) in [5.74, 6) is -0.253. The van der Waals surface area contributed by atoms with Gasteiger partial charge in [-0.3, -0.25) is 4.79 Å². The predicted octanol–water partition coefficient (Wildman–Crippen LogP) is 13.6. The van der Waals surface area contributed by atoms with Crippen LogP contribution in [0.4, 0.5) is 0 Å². The molecule has 0 saturated carbocycles. The molecular formula is C71H125NO13. The summed E-state index contributed by atoms with van der Waals surface area (Å²) in [6.07, 6.45) is 59.2. The van der Waals surface area contributed by atoms with E-state index in [0.717, 1.165) is 70.6 Å². The van der Waals surface area contributed by atoms with Crippen LogP contribution < -0.4 is 5.32 Å². The van der Waals surface area contributed by atoms with E-state index in [1.165, 1.54) is 161 Å². The lowest BCUT2D eigenvalue weighted by atomic mass is 9.97. The number of hydrogen-bond donors (Lipinski definition) is 9. The van der Waals surface area contributed by atoms with Gasteiger partial charge in [0.15, 0.2) is 12.6 Å². The Morgan fingerprint density at radius 1 is 0.435 bits per heavy atom. The smallest absolute Gasteiger partial charge is 0.220 e. The maximum atomic E-state index is 13.3. The zero-order valence-corrected chi connectivity index (χ0v) is 53.3. The molecule has 2 saturated heterocycles. The summed E-state index contributed by atoms with van der Waals surface area (Å²) in [7, 11) is 0. The number of aliphatic hydroxyl groups excluding tert-OH is 8. The van der Waals surface area contributed by atoms with Gasteiger partial charge in [-0.1, -0.05) is 259 Å². The highest BCUT2D eigenvalue weighted by molar-refractivity contribution is 5.76. The number of ether oxygens (including phenoxy) is 4. The first-order chi connectivity index (χ1) is 41.6. The largest absolute Gasteiger partial charge is 0.394 e. The van der Waals surface area contributed by atoms with Gasteiger partial charge in [-0.25, -0.2) is 0 Å². The summed E-state index contributed by atoms with van der Waals surface area (Å²) in [5, 5.41) is 87.3. The second-order valence-electron chi connectivity index (χ2n) is 23.9. The van der Waals surface area contributed by atoms with E-state index in [0.29, 0.717) is 12.8 Å². The molecule has 12 unspecified atom stereocenters. The van der Waals surface area contributed by atoms with Crippen molar-refractivity contribution in [2.75, 3.05) is 19.8 Å². The average molecular weight is 1200 g/mol. The highest BCUT2D eigenvalue weighted by Crippen LogP contribution is 2.30. The fraction of sp³-hybridized carbons (Fsp3) is 0.789. The number of carbonyl (C=O) groups is 1. The molecule has 2 aliphatic heterocycles. The summed E-state index contributed by atoms with van der Waals surface area (Å²) >= 11 is 0. The first-order valence-electron chi connectivity index (χ1n) is 34.3. The third-order valence-corrected chi connectivity index (χ3v) is 16.3. The van der Waals surface area contributed by atoms with Gasteiger partial charge in [-0.05, 0) is 83.5 Å². The third kappa shape index (κ3) is 39.7. The predicted molar refractivity (Wildman–Crippen MR) is 346 cm³/mol. The first-order valence-corrected chi connectivity index (χ1v) is 34.3. The molecule has 0 aromatic rings. The van der Waals surface area contributed by atoms with Crippen LogP contribution in [0.3, 0.4) is 0 Å². The Kier molecular flexibility index (Phi) is 50.9. The topological polar surface area (TPSA) is 228 Å². The Bertz CT molecular complexity index is 1750. The summed E-state index contributed by atoms with van der Waals surface area (Å²) in [5.41, 5.74) is 0. The summed E-state index contributed by atoms with van der Waals surface area (Å²) in [6, 6.07) is -0.942. The van der Waals surface area contributed by atoms with E-state index in [1.54, 1.807) is 6.08 Å². The van der Waals surface area contributed by atoms with E-state index < -0.39 is 86.8 Å². The third-order valence-electron chi connectivity index (χ3n) is 16.3. The van der Waals surface area contributed by atoms with E-state index in [4.69, 9.17) is 18.9 Å². The molecule has 2 rings (SSSR count). The first kappa shape index (κ1) is 78.3. The van der Waals surface area contributed by atoms with Crippen molar-refractivity contribution in [1.29, 1.82) is 0 Å². The molecule has 0 aromatic carbocycles. The molecule has 2 fully saturated rings. The van der Waals surface area contributed by atoms with E-state index >= 15 is 0 Å². The highest BCUT2D eigenvalue weighted by Gasteiger charge is 2.51. The molecule has 85 heavy (non-hydrogen) atoms. The number of nitrogens with one attached hydrogen (secondary N) is 1. The van der Waals surface area contributed by atoms with Crippen LogP contribution in [0, 0.1) is 0 Å². The van der Waals surface area contributed by atoms with Crippen LogP contribution in [0.15, 0.2) is 85.1 Å². The molecule has 0 spiro atoms. The van der Waals surface area contributed by atoms with Gasteiger partial charge >= 0.3 is 0 Å². The Hall–Kier alpha value is -2.83. The van der Waals surface area contributed by atoms with E-state index in [1.807, 2.05) is 6.08 Å². The standard InChI is InChI=1S/C71H125NO13/c1-3-5-7-9-11-13-15-17-19-21-23-25-26-27-28-29-30-31-32-33-34-35-37-39-41-43-45-47-49-51-53-55-63(76)72-59(60(75)54-52-50-48-46-44-42-40-38-36-24-22-20-18-16-14-12-10-8-6-4-2)58-82-70-68(81)66(79)69(62(57-74)84-70)85-71-67(80)65(78)64(77)61(56-73)83-71/h5,7,11,13,17,19,23,25,36,38,44,46,52,54,59-62,64-71,73-75,77-81H,3-4,6,8-10,12,14-16,18,20-22,24,26-35,37,39-43,45,47-51,53,55-58H2,1-2H3,(H,72,76)/b7-5-,13-11-,19-17-,25-23-,38-36+,46-44+,54-52+. The lowest BCUT2D eigenvalue weighted by Gasteiger charge is -2.46. The summed E-state index contributed by atoms with van der Waals surface area (Å²) in [6.45, 7) is 2.68. The minimum atomic E-state index is -1.80. The summed E-state index contributed by atoms with van der Waals surface area (Å²) in [4.78, 5) is 13.3. The van der Waals surface area contributed by atoms with Crippen molar-refractivity contribution in [1.82, 2.24) is 5.32 Å². The average Bonchev–Trinajstić information content (AvgIpc) is 3.68. The van der Waals surface area contributed by atoms with Gasteiger partial charge in [0, 0.05) is 6.42 Å². The molecule has 14 nitrogen and oxygen atoms in total. The van der Waals surface area contributed by atoms with Crippen molar-refractivity contribution >= 4 is 5.91 Å². The number of hydrogen-bond acceptors (Lipinski definition) is 13. The maximum Gasteiger partial charge on any atom is 0.220 e. The van der Waals surface area contributed by atoms with E-state index in [2.05, 4.69) is 92.1 Å². The SMILES string of the molecule is CC/C=C\C/C=C\C/C=C\C/C=C\CCCCCCCCCCCCCCCCCCCCC(=O)NC(COC1OC(CO)C(OC2OC(CO)C(O)C(O)C2O)C(O)C1O)C(O)/C=C/CC/C=C/CC/C=C/CCCCCCCCCCCC. The number of allylic oxidation sites excluding steroid dienone is 13. The minimum absolute atomic E-state index is 0.253. The molecule has 0 aromatic heterocycles. The Morgan fingerprint density at radius 3 is 1.29 bits per heavy atom. The Balaban J connectivity index is 1.68. The Morgan fingerprint density at radius 2 is 0.824 bits per heavy atom. The van der Waals surface area contributed by atoms with Gasteiger partial charge < -0.3 is 65.1 Å². The molecule has 14 heteroatoms. The van der Waals surface area contributed by atoms with Gasteiger partial charge in [0.2, 0.25) is 5.91 Å². The van der Waals surface area contributed by atoms with Crippen molar-refractivity contribution in [3.05, 3.63) is 85.1 Å². The highest BCUT2D eigenvalue weighted by atomic mass is 16.7. The van der Waals surface area contributed by atoms with Crippen LogP contribution in [0.25, 0.3) is 0 Å². The van der Waals surface area contributed by atoms with Crippen LogP contribution in [-0.2, 0) is 23.7 Å². The van der Waals surface area contributed by atoms with E-state index in [-0.39, 0.29) is 18.9 Å². The molecule has 0 bridgehead atoms. The second-order valence-corrected chi connectivity index (χ2v) is 23.9. The number of aliphatic hydroxyl groups is 8. The summed E-state index contributed by atoms with van der Waals surface area (Å²) < 4.78 is 22.8. The lowest BCUT2D eigenvalue weighted by molar-refractivity contribution is -0.359. The number of carbonyl (C=O) groups excluding carboxylic acids is 1. The van der Waals surface area contributed by atoms with Gasteiger partial charge in [0.05, 0.1) is 32.0 Å². The molecule has 12 atom stereocenters. The fourth-order valence-corrected chi connectivity index (χ4v) is 10.8. The normalized spacial score (nSPS) is 24.1. The number of rotatable bonds is 55. The van der Waals surface area contributed by atoms with Crippen molar-refractivity contribution < 1.29 is 64.6 Å². The lowest BCUT2D eigenvalue weighted by Crippen LogP contribution is -2.65. The van der Waals surface area contributed by atoms with Crippen LogP contribution in [0.2, 0.25) is 0 Å². The molecule has 2 aliphatic rings. The van der Waals surface area contributed by atoms with Crippen molar-refractivity contribution in [3.8, 4) is 0 Å². The van der Waals surface area contributed by atoms with Gasteiger partial charge in [0.25, 0.3) is 0 Å². The fourth-order valence-electron chi connectivity index (χ4n) is 10.8. The zero-order valence-electron chi connectivity index (χ0n) is 53.3. The van der Waals surface area contributed by atoms with Gasteiger partial charge in [-0.15, -0.1) is 0 Å². The van der Waals surface area contributed by atoms with Crippen molar-refractivity contribution in [2.24, 2.45) is 0 Å². The zero-order chi connectivity index (χ0) is 61.6. The molecule has 0 aliphatic carbocycles. The monoisotopic (exact) mass is 1200 g/mol. The maximum absolute atomic E-state index is 13.3. The van der Waals surface area contributed by atoms with Crippen LogP contribution >= 0.6 is 0 Å². The van der Waals surface area contributed by atoms with Crippen molar-refractivity contribution in [3.63, 3.8) is 0 Å². The molecule has 0 radical (unpaired) electrons. The molecule has 1 amide bonds. The van der Waals surface area contributed by atoms with Crippen molar-refractivity contribution in [2.45, 2.75) is 338 Å².